The van der Waals surface area contributed by atoms with E-state index in [0.717, 1.165) is 18.2 Å². The molecule has 2 fully saturated rings. The maximum atomic E-state index is 4.39. The Kier molecular flexibility index (Phi) is 2.76. The van der Waals surface area contributed by atoms with Crippen LogP contribution in [0.1, 0.15) is 48.1 Å². The van der Waals surface area contributed by atoms with Gasteiger partial charge in [-0.15, -0.1) is 10.2 Å². The summed E-state index contributed by atoms with van der Waals surface area (Å²) in [6.07, 6.45) is 9.02. The molecule has 0 spiro atoms. The van der Waals surface area contributed by atoms with Crippen LogP contribution in [-0.4, -0.2) is 33.5 Å². The third-order valence-corrected chi connectivity index (χ3v) is 5.19. The number of nitrogens with zero attached hydrogens (tertiary/aromatic N) is 4. The molecule has 1 saturated carbocycles. The van der Waals surface area contributed by atoms with Gasteiger partial charge in [0.1, 0.15) is 5.01 Å². The zero-order valence-corrected chi connectivity index (χ0v) is 11.6. The Labute approximate surface area is 116 Å². The van der Waals surface area contributed by atoms with E-state index in [9.17, 15) is 0 Å². The second-order valence-corrected chi connectivity index (χ2v) is 6.50. The molecule has 19 heavy (non-hydrogen) atoms. The van der Waals surface area contributed by atoms with Crippen LogP contribution in [0.3, 0.4) is 0 Å². The van der Waals surface area contributed by atoms with Crippen LogP contribution < -0.4 is 4.90 Å². The molecule has 1 atom stereocenters. The van der Waals surface area contributed by atoms with Gasteiger partial charge < -0.3 is 4.90 Å². The summed E-state index contributed by atoms with van der Waals surface area (Å²) in [7, 11) is 0. The number of rotatable bonds is 3. The highest BCUT2D eigenvalue weighted by Gasteiger charge is 2.29. The fraction of sp³-hybridized carbons (Fsp3) is 0.615. The maximum Gasteiger partial charge on any atom is 0.208 e. The summed E-state index contributed by atoms with van der Waals surface area (Å²) < 4.78 is 0. The Hall–Kier alpha value is -1.43. The minimum Gasteiger partial charge on any atom is -0.346 e. The van der Waals surface area contributed by atoms with E-state index in [1.807, 2.05) is 12.4 Å². The molecule has 0 aromatic carbocycles. The summed E-state index contributed by atoms with van der Waals surface area (Å²) in [4.78, 5) is 2.39. The van der Waals surface area contributed by atoms with Crippen LogP contribution in [0.4, 0.5) is 5.13 Å². The van der Waals surface area contributed by atoms with Gasteiger partial charge in [-0.05, 0) is 31.2 Å². The van der Waals surface area contributed by atoms with Gasteiger partial charge in [-0.1, -0.05) is 11.3 Å². The van der Waals surface area contributed by atoms with Crippen LogP contribution in [0.25, 0.3) is 0 Å². The summed E-state index contributed by atoms with van der Waals surface area (Å²) in [6.45, 7) is 2.15. The zero-order valence-electron chi connectivity index (χ0n) is 10.7. The van der Waals surface area contributed by atoms with Crippen LogP contribution in [-0.2, 0) is 0 Å². The van der Waals surface area contributed by atoms with Gasteiger partial charge in [0, 0.05) is 31.1 Å². The maximum absolute atomic E-state index is 4.39. The molecule has 2 aromatic heterocycles. The third kappa shape index (κ3) is 2.25. The smallest absolute Gasteiger partial charge is 0.208 e. The van der Waals surface area contributed by atoms with Crippen molar-refractivity contribution in [3.8, 4) is 0 Å². The molecule has 1 aliphatic heterocycles. The van der Waals surface area contributed by atoms with Gasteiger partial charge in [0.25, 0.3) is 0 Å². The van der Waals surface area contributed by atoms with E-state index in [1.54, 1.807) is 11.3 Å². The number of anilines is 1. The first-order chi connectivity index (χ1) is 9.40. The molecule has 1 aliphatic carbocycles. The first-order valence-electron chi connectivity index (χ1n) is 6.97. The first kappa shape index (κ1) is 11.4. The van der Waals surface area contributed by atoms with Crippen LogP contribution in [0, 0.1) is 0 Å². The lowest BCUT2D eigenvalue weighted by Crippen LogP contribution is -2.34. The van der Waals surface area contributed by atoms with Crippen LogP contribution in [0.5, 0.6) is 0 Å². The Morgan fingerprint density at radius 2 is 2.16 bits per heavy atom. The number of piperidine rings is 1. The monoisotopic (exact) mass is 275 g/mol. The molecule has 0 unspecified atom stereocenters. The average Bonchev–Trinajstić information content (AvgIpc) is 2.97. The molecule has 0 bridgehead atoms. The second kappa shape index (κ2) is 4.59. The molecule has 3 heterocycles. The largest absolute Gasteiger partial charge is 0.346 e. The lowest BCUT2D eigenvalue weighted by Gasteiger charge is -2.31. The number of nitrogens with one attached hydrogen (secondary N) is 1. The summed E-state index contributed by atoms with van der Waals surface area (Å²) in [6, 6.07) is 0. The first-order valence-corrected chi connectivity index (χ1v) is 7.79. The number of aromatic nitrogens is 4. The summed E-state index contributed by atoms with van der Waals surface area (Å²) in [5, 5.41) is 18.1. The van der Waals surface area contributed by atoms with Crippen molar-refractivity contribution in [1.82, 2.24) is 20.4 Å². The number of aromatic amines is 1. The molecule has 1 saturated heterocycles. The van der Waals surface area contributed by atoms with Crippen molar-refractivity contribution in [2.24, 2.45) is 0 Å². The minimum absolute atomic E-state index is 0.570. The lowest BCUT2D eigenvalue weighted by molar-refractivity contribution is 0.509. The molecule has 2 aliphatic rings. The molecule has 1 N–H and O–H groups in total. The van der Waals surface area contributed by atoms with Crippen molar-refractivity contribution < 1.29 is 0 Å². The summed E-state index contributed by atoms with van der Waals surface area (Å²) >= 11 is 1.79. The standard InChI is InChI=1S/C13H17N5S/c1-2-10(11-6-14-15-7-11)8-18(5-1)13-17-16-12(19-13)9-3-4-9/h6-7,9-10H,1-5,8H2,(H,14,15)/t10-/m0/s1. The van der Waals surface area contributed by atoms with Gasteiger partial charge in [-0.2, -0.15) is 5.10 Å². The summed E-state index contributed by atoms with van der Waals surface area (Å²) in [5.41, 5.74) is 1.32. The van der Waals surface area contributed by atoms with Gasteiger partial charge >= 0.3 is 0 Å². The Morgan fingerprint density at radius 1 is 1.21 bits per heavy atom. The number of hydrogen-bond donors (Lipinski definition) is 1. The van der Waals surface area contributed by atoms with E-state index in [4.69, 9.17) is 0 Å². The number of hydrogen-bond acceptors (Lipinski definition) is 5. The van der Waals surface area contributed by atoms with Gasteiger partial charge in [-0.3, -0.25) is 5.10 Å². The molecule has 4 rings (SSSR count). The molecule has 6 heteroatoms. The van der Waals surface area contributed by atoms with E-state index in [0.29, 0.717) is 11.8 Å². The Bertz CT molecular complexity index is 545. The molecule has 0 amide bonds. The Morgan fingerprint density at radius 3 is 2.95 bits per heavy atom. The van der Waals surface area contributed by atoms with Crippen molar-refractivity contribution in [2.75, 3.05) is 18.0 Å². The van der Waals surface area contributed by atoms with Crippen molar-refractivity contribution in [3.63, 3.8) is 0 Å². The SMILES string of the molecule is c1n[nH]cc1[C@H]1CCCN(c2nnc(C3CC3)s2)C1. The highest BCUT2D eigenvalue weighted by Crippen LogP contribution is 2.43. The predicted molar refractivity (Wildman–Crippen MR) is 74.7 cm³/mol. The van der Waals surface area contributed by atoms with Gasteiger partial charge in [0.05, 0.1) is 6.20 Å². The highest BCUT2D eigenvalue weighted by atomic mass is 32.1. The van der Waals surface area contributed by atoms with Gasteiger partial charge in [0.2, 0.25) is 5.13 Å². The van der Waals surface area contributed by atoms with E-state index < -0.39 is 0 Å². The molecular weight excluding hydrogens is 258 g/mol. The highest BCUT2D eigenvalue weighted by molar-refractivity contribution is 7.15. The quantitative estimate of drug-likeness (QED) is 0.935. The van der Waals surface area contributed by atoms with Crippen LogP contribution >= 0.6 is 11.3 Å². The fourth-order valence-corrected chi connectivity index (χ4v) is 3.80. The topological polar surface area (TPSA) is 57.7 Å². The van der Waals surface area contributed by atoms with E-state index in [-0.39, 0.29) is 0 Å². The van der Waals surface area contributed by atoms with Crippen LogP contribution in [0.2, 0.25) is 0 Å². The molecule has 0 radical (unpaired) electrons. The zero-order chi connectivity index (χ0) is 12.7. The molecule has 5 nitrogen and oxygen atoms in total. The molecule has 2 aromatic rings. The second-order valence-electron chi connectivity index (χ2n) is 5.51. The van der Waals surface area contributed by atoms with Crippen molar-refractivity contribution in [3.05, 3.63) is 23.0 Å². The van der Waals surface area contributed by atoms with Crippen molar-refractivity contribution >= 4 is 16.5 Å². The Balaban J connectivity index is 1.50. The van der Waals surface area contributed by atoms with Crippen molar-refractivity contribution in [1.29, 1.82) is 0 Å². The van der Waals surface area contributed by atoms with Gasteiger partial charge in [0.15, 0.2) is 0 Å². The molecular formula is C13H17N5S. The number of H-pyrrole nitrogens is 1. The third-order valence-electron chi connectivity index (χ3n) is 4.04. The molecule has 100 valence electrons. The van der Waals surface area contributed by atoms with Crippen LogP contribution in [0.15, 0.2) is 12.4 Å². The van der Waals surface area contributed by atoms with Crippen molar-refractivity contribution in [2.45, 2.75) is 37.5 Å². The van der Waals surface area contributed by atoms with Gasteiger partial charge in [-0.25, -0.2) is 0 Å². The average molecular weight is 275 g/mol. The van der Waals surface area contributed by atoms with E-state index in [2.05, 4.69) is 25.3 Å². The minimum atomic E-state index is 0.570. The fourth-order valence-electron chi connectivity index (χ4n) is 2.76. The summed E-state index contributed by atoms with van der Waals surface area (Å²) in [5.74, 6) is 1.28. The lowest BCUT2D eigenvalue weighted by atomic mass is 9.93. The van der Waals surface area contributed by atoms with E-state index >= 15 is 0 Å². The van der Waals surface area contributed by atoms with E-state index in [1.165, 1.54) is 36.3 Å². The normalized spacial score (nSPS) is 23.8. The predicted octanol–water partition coefficient (Wildman–Crippen LogP) is 2.52.